The van der Waals surface area contributed by atoms with Gasteiger partial charge in [-0.3, -0.25) is 0 Å². The minimum absolute atomic E-state index is 0.0790. The van der Waals surface area contributed by atoms with Crippen LogP contribution in [0.4, 0.5) is 5.82 Å². The summed E-state index contributed by atoms with van der Waals surface area (Å²) in [6.45, 7) is 1.93. The van der Waals surface area contributed by atoms with Gasteiger partial charge in [-0.1, -0.05) is 18.6 Å². The number of fused-ring (bicyclic) bond motifs is 1. The number of anilines is 1. The molecule has 122 valence electrons. The van der Waals surface area contributed by atoms with E-state index in [-0.39, 0.29) is 11.5 Å². The molecule has 1 saturated heterocycles. The highest BCUT2D eigenvalue weighted by Gasteiger charge is 2.44. The van der Waals surface area contributed by atoms with Crippen LogP contribution in [0.15, 0.2) is 30.3 Å². The van der Waals surface area contributed by atoms with Gasteiger partial charge in [-0.05, 0) is 43.9 Å². The monoisotopic (exact) mass is 312 g/mol. The number of benzene rings is 1. The molecule has 1 N–H and O–H groups in total. The van der Waals surface area contributed by atoms with Crippen LogP contribution in [-0.4, -0.2) is 36.4 Å². The summed E-state index contributed by atoms with van der Waals surface area (Å²) in [6, 6.07) is 10.2. The zero-order chi connectivity index (χ0) is 15.9. The molecule has 4 heteroatoms. The van der Waals surface area contributed by atoms with Crippen molar-refractivity contribution in [1.82, 2.24) is 4.98 Å². The van der Waals surface area contributed by atoms with Crippen LogP contribution in [0.5, 0.6) is 5.75 Å². The Morgan fingerprint density at radius 3 is 2.87 bits per heavy atom. The number of ether oxygens (including phenoxy) is 1. The molecule has 0 bridgehead atoms. The van der Waals surface area contributed by atoms with Crippen LogP contribution < -0.4 is 9.64 Å². The largest absolute Gasteiger partial charge is 0.494 e. The highest BCUT2D eigenvalue weighted by molar-refractivity contribution is 5.86. The predicted octanol–water partition coefficient (Wildman–Crippen LogP) is 3.37. The van der Waals surface area contributed by atoms with Crippen molar-refractivity contribution in [3.63, 3.8) is 0 Å². The maximum atomic E-state index is 10.5. The summed E-state index contributed by atoms with van der Waals surface area (Å²) >= 11 is 0. The highest BCUT2D eigenvalue weighted by atomic mass is 16.5. The van der Waals surface area contributed by atoms with Gasteiger partial charge in [-0.25, -0.2) is 4.98 Å². The van der Waals surface area contributed by atoms with Crippen LogP contribution in [-0.2, 0) is 0 Å². The lowest BCUT2D eigenvalue weighted by atomic mass is 9.76. The summed E-state index contributed by atoms with van der Waals surface area (Å²) in [6.07, 6.45) is 5.35. The Hall–Kier alpha value is -1.81. The SMILES string of the molecule is COc1cccc2ccc(N3CCC[C@@]4(CCC[C@H]4O)C3)nc12. The lowest BCUT2D eigenvalue weighted by Gasteiger charge is -2.43. The Bertz CT molecular complexity index is 718. The molecule has 4 nitrogen and oxygen atoms in total. The second-order valence-electron chi connectivity index (χ2n) is 7.00. The fraction of sp³-hybridized carbons (Fsp3) is 0.526. The van der Waals surface area contributed by atoms with Crippen LogP contribution in [0.25, 0.3) is 10.9 Å². The predicted molar refractivity (Wildman–Crippen MR) is 92.0 cm³/mol. The molecular weight excluding hydrogens is 288 g/mol. The van der Waals surface area contributed by atoms with Crippen molar-refractivity contribution >= 4 is 16.7 Å². The Morgan fingerprint density at radius 2 is 2.09 bits per heavy atom. The molecule has 1 spiro atoms. The van der Waals surface area contributed by atoms with Crippen molar-refractivity contribution < 1.29 is 9.84 Å². The number of aliphatic hydroxyl groups is 1. The van der Waals surface area contributed by atoms with Gasteiger partial charge in [0.1, 0.15) is 17.1 Å². The molecule has 1 aromatic carbocycles. The third kappa shape index (κ3) is 2.45. The van der Waals surface area contributed by atoms with Gasteiger partial charge in [-0.2, -0.15) is 0 Å². The molecule has 1 saturated carbocycles. The number of piperidine rings is 1. The molecule has 23 heavy (non-hydrogen) atoms. The van der Waals surface area contributed by atoms with E-state index in [1.807, 2.05) is 12.1 Å². The van der Waals surface area contributed by atoms with Gasteiger partial charge in [0.15, 0.2) is 0 Å². The molecule has 0 radical (unpaired) electrons. The number of hydrogen-bond acceptors (Lipinski definition) is 4. The molecule has 2 aromatic rings. The van der Waals surface area contributed by atoms with E-state index in [0.29, 0.717) is 0 Å². The number of hydrogen-bond donors (Lipinski definition) is 1. The van der Waals surface area contributed by atoms with Crippen molar-refractivity contribution in [2.24, 2.45) is 5.41 Å². The van der Waals surface area contributed by atoms with E-state index in [2.05, 4.69) is 23.1 Å². The first-order chi connectivity index (χ1) is 11.2. The quantitative estimate of drug-likeness (QED) is 0.923. The van der Waals surface area contributed by atoms with Gasteiger partial charge < -0.3 is 14.7 Å². The van der Waals surface area contributed by atoms with Gasteiger partial charge in [-0.15, -0.1) is 0 Å². The third-order valence-corrected chi connectivity index (χ3v) is 5.68. The average Bonchev–Trinajstić information content (AvgIpc) is 2.93. The lowest BCUT2D eigenvalue weighted by Crippen LogP contribution is -2.47. The second kappa shape index (κ2) is 5.68. The van der Waals surface area contributed by atoms with Crippen LogP contribution in [0.3, 0.4) is 0 Å². The van der Waals surface area contributed by atoms with E-state index in [0.717, 1.165) is 67.7 Å². The van der Waals surface area contributed by atoms with E-state index >= 15 is 0 Å². The topological polar surface area (TPSA) is 45.6 Å². The molecule has 2 aliphatic rings. The first-order valence-electron chi connectivity index (χ1n) is 8.59. The van der Waals surface area contributed by atoms with Gasteiger partial charge in [0, 0.05) is 23.9 Å². The zero-order valence-corrected chi connectivity index (χ0v) is 13.7. The summed E-state index contributed by atoms with van der Waals surface area (Å²) in [5.41, 5.74) is 0.995. The van der Waals surface area contributed by atoms with Gasteiger partial charge in [0.2, 0.25) is 0 Å². The van der Waals surface area contributed by atoms with E-state index in [4.69, 9.17) is 9.72 Å². The Labute approximate surface area is 137 Å². The van der Waals surface area contributed by atoms with Crippen molar-refractivity contribution in [2.45, 2.75) is 38.2 Å². The number of para-hydroxylation sites is 1. The fourth-order valence-electron chi connectivity index (χ4n) is 4.40. The normalized spacial score (nSPS) is 27.7. The summed E-state index contributed by atoms with van der Waals surface area (Å²) in [4.78, 5) is 7.22. The average molecular weight is 312 g/mol. The Balaban J connectivity index is 1.68. The molecule has 2 heterocycles. The number of methoxy groups -OCH3 is 1. The number of nitrogens with zero attached hydrogens (tertiary/aromatic N) is 2. The van der Waals surface area contributed by atoms with Crippen molar-refractivity contribution in [1.29, 1.82) is 0 Å². The number of rotatable bonds is 2. The third-order valence-electron chi connectivity index (χ3n) is 5.68. The van der Waals surface area contributed by atoms with E-state index in [1.54, 1.807) is 7.11 Å². The summed E-state index contributed by atoms with van der Waals surface area (Å²) < 4.78 is 5.46. The zero-order valence-electron chi connectivity index (χ0n) is 13.7. The fourth-order valence-corrected chi connectivity index (χ4v) is 4.40. The van der Waals surface area contributed by atoms with Crippen LogP contribution in [0, 0.1) is 5.41 Å². The van der Waals surface area contributed by atoms with Gasteiger partial charge in [0.05, 0.1) is 13.2 Å². The van der Waals surface area contributed by atoms with Crippen LogP contribution >= 0.6 is 0 Å². The minimum Gasteiger partial charge on any atom is -0.494 e. The molecule has 0 unspecified atom stereocenters. The first kappa shape index (κ1) is 14.8. The first-order valence-corrected chi connectivity index (χ1v) is 8.59. The Kier molecular flexibility index (Phi) is 3.64. The number of aromatic nitrogens is 1. The molecule has 2 fully saturated rings. The molecule has 4 rings (SSSR count). The van der Waals surface area contributed by atoms with E-state index in [1.165, 1.54) is 0 Å². The van der Waals surface area contributed by atoms with Crippen molar-refractivity contribution in [3.05, 3.63) is 30.3 Å². The summed E-state index contributed by atoms with van der Waals surface area (Å²) in [5, 5.41) is 11.6. The molecule has 1 aliphatic carbocycles. The Morgan fingerprint density at radius 1 is 1.22 bits per heavy atom. The summed E-state index contributed by atoms with van der Waals surface area (Å²) in [5.74, 6) is 1.82. The molecular formula is C19H24N2O2. The molecule has 2 atom stereocenters. The van der Waals surface area contributed by atoms with E-state index < -0.39 is 0 Å². The number of pyridine rings is 1. The molecule has 1 aromatic heterocycles. The minimum atomic E-state index is -0.153. The van der Waals surface area contributed by atoms with Crippen LogP contribution in [0.1, 0.15) is 32.1 Å². The highest BCUT2D eigenvalue weighted by Crippen LogP contribution is 2.45. The maximum Gasteiger partial charge on any atom is 0.145 e. The summed E-state index contributed by atoms with van der Waals surface area (Å²) in [7, 11) is 1.69. The van der Waals surface area contributed by atoms with Gasteiger partial charge >= 0.3 is 0 Å². The van der Waals surface area contributed by atoms with Crippen molar-refractivity contribution in [3.8, 4) is 5.75 Å². The second-order valence-corrected chi connectivity index (χ2v) is 7.00. The molecule has 1 aliphatic heterocycles. The molecule has 0 amide bonds. The van der Waals surface area contributed by atoms with Gasteiger partial charge in [0.25, 0.3) is 0 Å². The smallest absolute Gasteiger partial charge is 0.145 e. The number of aliphatic hydroxyl groups excluding tert-OH is 1. The maximum absolute atomic E-state index is 10.5. The van der Waals surface area contributed by atoms with E-state index in [9.17, 15) is 5.11 Å². The lowest BCUT2D eigenvalue weighted by molar-refractivity contribution is 0.0408. The van der Waals surface area contributed by atoms with Crippen molar-refractivity contribution in [2.75, 3.05) is 25.1 Å². The van der Waals surface area contributed by atoms with Crippen LogP contribution in [0.2, 0.25) is 0 Å². The standard InChI is InChI=1S/C19H24N2O2/c1-23-15-6-2-5-14-8-9-17(20-18(14)15)21-12-4-11-19(13-21)10-3-7-16(19)22/h2,5-6,8-9,16,22H,3-4,7,10-13H2,1H3/t16-,19+/m1/s1.